The van der Waals surface area contributed by atoms with Gasteiger partial charge in [0.1, 0.15) is 5.82 Å². The van der Waals surface area contributed by atoms with Crippen molar-refractivity contribution in [2.75, 3.05) is 0 Å². The third-order valence-electron chi connectivity index (χ3n) is 3.68. The molecule has 7 heteroatoms. The summed E-state index contributed by atoms with van der Waals surface area (Å²) >= 11 is 0. The summed E-state index contributed by atoms with van der Waals surface area (Å²) in [6, 6.07) is 0. The van der Waals surface area contributed by atoms with E-state index in [1.54, 1.807) is 17.9 Å². The van der Waals surface area contributed by atoms with Crippen molar-refractivity contribution in [1.82, 2.24) is 15.4 Å². The summed E-state index contributed by atoms with van der Waals surface area (Å²) in [5.74, 6) is -2.07. The molecule has 0 fully saturated rings. The molecule has 0 saturated heterocycles. The predicted molar refractivity (Wildman–Crippen MR) is 77.2 cm³/mol. The van der Waals surface area contributed by atoms with Gasteiger partial charge in [0, 0.05) is 18.3 Å². The third-order valence-corrected chi connectivity index (χ3v) is 3.68. The van der Waals surface area contributed by atoms with Gasteiger partial charge < -0.3 is 10.7 Å². The SMILES string of the molecule is CC[C@H](c1ncc[nH]1)C(C(=O)NO)C(CC(C)C)C(N)=O. The summed E-state index contributed by atoms with van der Waals surface area (Å²) in [5.41, 5.74) is 7.16. The number of imidazole rings is 1. The normalized spacial score (nSPS) is 15.5. The second kappa shape index (κ2) is 7.78. The number of amides is 2. The molecule has 3 atom stereocenters. The number of nitrogens with one attached hydrogen (secondary N) is 2. The fourth-order valence-electron chi connectivity index (χ4n) is 2.77. The maximum atomic E-state index is 12.1. The number of aromatic amines is 1. The van der Waals surface area contributed by atoms with Gasteiger partial charge in [0.2, 0.25) is 11.8 Å². The highest BCUT2D eigenvalue weighted by molar-refractivity contribution is 5.87. The Morgan fingerprint density at radius 3 is 2.52 bits per heavy atom. The van der Waals surface area contributed by atoms with Crippen LogP contribution in [0.1, 0.15) is 45.4 Å². The zero-order valence-electron chi connectivity index (χ0n) is 12.7. The van der Waals surface area contributed by atoms with Crippen molar-refractivity contribution < 1.29 is 14.8 Å². The quantitative estimate of drug-likeness (QED) is 0.425. The Labute approximate surface area is 124 Å². The first-order chi connectivity index (χ1) is 9.92. The largest absolute Gasteiger partial charge is 0.369 e. The number of hydrogen-bond acceptors (Lipinski definition) is 4. The lowest BCUT2D eigenvalue weighted by molar-refractivity contribution is -0.141. The van der Waals surface area contributed by atoms with Crippen molar-refractivity contribution in [2.45, 2.75) is 39.5 Å². The van der Waals surface area contributed by atoms with Crippen LogP contribution in [-0.2, 0) is 9.59 Å². The fraction of sp³-hybridized carbons (Fsp3) is 0.643. The molecule has 0 bridgehead atoms. The Morgan fingerprint density at radius 1 is 1.48 bits per heavy atom. The maximum absolute atomic E-state index is 12.1. The molecule has 1 rings (SSSR count). The van der Waals surface area contributed by atoms with Crippen LogP contribution in [0.4, 0.5) is 0 Å². The van der Waals surface area contributed by atoms with E-state index >= 15 is 0 Å². The van der Waals surface area contributed by atoms with Crippen molar-refractivity contribution in [1.29, 1.82) is 0 Å². The molecule has 1 aromatic rings. The lowest BCUT2D eigenvalue weighted by Crippen LogP contribution is -2.43. The molecule has 0 spiro atoms. The molecule has 5 N–H and O–H groups in total. The van der Waals surface area contributed by atoms with Crippen LogP contribution < -0.4 is 11.2 Å². The minimum atomic E-state index is -0.758. The molecular weight excluding hydrogens is 272 g/mol. The van der Waals surface area contributed by atoms with Gasteiger partial charge in [-0.15, -0.1) is 0 Å². The number of primary amides is 1. The van der Waals surface area contributed by atoms with Gasteiger partial charge in [0.05, 0.1) is 11.8 Å². The zero-order valence-corrected chi connectivity index (χ0v) is 12.7. The summed E-state index contributed by atoms with van der Waals surface area (Å²) in [4.78, 5) is 31.1. The van der Waals surface area contributed by atoms with Crippen LogP contribution in [0.15, 0.2) is 12.4 Å². The standard InChI is InChI=1S/C14H24N4O3/c1-4-9(13-16-5-6-17-13)11(14(20)18-21)10(12(15)19)7-8(2)3/h5-6,8-11,21H,4,7H2,1-3H3,(H2,15,19)(H,16,17)(H,18,20)/t9-,10?,11?/m0/s1. The van der Waals surface area contributed by atoms with E-state index in [0.717, 1.165) is 0 Å². The number of carbonyl (C=O) groups excluding carboxylic acids is 2. The second-order valence-corrected chi connectivity index (χ2v) is 5.63. The first-order valence-electron chi connectivity index (χ1n) is 7.14. The van der Waals surface area contributed by atoms with Gasteiger partial charge in [-0.2, -0.15) is 0 Å². The summed E-state index contributed by atoms with van der Waals surface area (Å²) in [7, 11) is 0. The Morgan fingerprint density at radius 2 is 2.14 bits per heavy atom. The van der Waals surface area contributed by atoms with Crippen LogP contribution in [0, 0.1) is 17.8 Å². The molecule has 0 aliphatic carbocycles. The number of carbonyl (C=O) groups is 2. The van der Waals surface area contributed by atoms with Crippen LogP contribution >= 0.6 is 0 Å². The third kappa shape index (κ3) is 4.29. The number of H-pyrrole nitrogens is 1. The predicted octanol–water partition coefficient (Wildman–Crippen LogP) is 1.17. The summed E-state index contributed by atoms with van der Waals surface area (Å²) in [5, 5.41) is 9.03. The molecule has 0 aromatic carbocycles. The highest BCUT2D eigenvalue weighted by atomic mass is 16.5. The molecule has 0 aliphatic rings. The maximum Gasteiger partial charge on any atom is 0.247 e. The molecule has 0 aliphatic heterocycles. The van der Waals surface area contributed by atoms with Crippen LogP contribution in [0.3, 0.4) is 0 Å². The average Bonchev–Trinajstić information content (AvgIpc) is 2.95. The Balaban J connectivity index is 3.18. The first kappa shape index (κ1) is 17.2. The molecule has 0 saturated carbocycles. The Hall–Kier alpha value is -1.89. The van der Waals surface area contributed by atoms with E-state index in [0.29, 0.717) is 18.7 Å². The molecule has 0 radical (unpaired) electrons. The molecule has 21 heavy (non-hydrogen) atoms. The molecular formula is C14H24N4O3. The van der Waals surface area contributed by atoms with E-state index in [1.165, 1.54) is 0 Å². The van der Waals surface area contributed by atoms with E-state index in [-0.39, 0.29) is 11.8 Å². The van der Waals surface area contributed by atoms with E-state index in [4.69, 9.17) is 10.9 Å². The van der Waals surface area contributed by atoms with Gasteiger partial charge in [0.25, 0.3) is 0 Å². The summed E-state index contributed by atoms with van der Waals surface area (Å²) in [6.07, 6.45) is 4.32. The smallest absolute Gasteiger partial charge is 0.247 e. The zero-order chi connectivity index (χ0) is 16.0. The first-order valence-corrected chi connectivity index (χ1v) is 7.14. The molecule has 7 nitrogen and oxygen atoms in total. The average molecular weight is 296 g/mol. The van der Waals surface area contributed by atoms with Crippen molar-refractivity contribution in [3.05, 3.63) is 18.2 Å². The van der Waals surface area contributed by atoms with Gasteiger partial charge in [-0.05, 0) is 18.8 Å². The number of rotatable bonds is 8. The van der Waals surface area contributed by atoms with Crippen LogP contribution in [0.5, 0.6) is 0 Å². The molecule has 118 valence electrons. The second-order valence-electron chi connectivity index (χ2n) is 5.63. The Kier molecular flexibility index (Phi) is 6.36. The lowest BCUT2D eigenvalue weighted by atomic mass is 9.75. The molecule has 1 heterocycles. The van der Waals surface area contributed by atoms with Gasteiger partial charge in [-0.3, -0.25) is 14.8 Å². The fourth-order valence-corrected chi connectivity index (χ4v) is 2.77. The highest BCUT2D eigenvalue weighted by Gasteiger charge is 2.39. The number of hydroxylamine groups is 1. The van der Waals surface area contributed by atoms with Gasteiger partial charge in [-0.1, -0.05) is 20.8 Å². The van der Waals surface area contributed by atoms with E-state index in [2.05, 4.69) is 9.97 Å². The van der Waals surface area contributed by atoms with Crippen LogP contribution in [0.2, 0.25) is 0 Å². The lowest BCUT2D eigenvalue weighted by Gasteiger charge is -2.29. The minimum Gasteiger partial charge on any atom is -0.369 e. The molecule has 1 aromatic heterocycles. The monoisotopic (exact) mass is 296 g/mol. The van der Waals surface area contributed by atoms with E-state index in [1.807, 2.05) is 20.8 Å². The number of nitrogens with zero attached hydrogens (tertiary/aromatic N) is 1. The van der Waals surface area contributed by atoms with E-state index in [9.17, 15) is 9.59 Å². The molecule has 2 unspecified atom stereocenters. The highest BCUT2D eigenvalue weighted by Crippen LogP contribution is 2.34. The van der Waals surface area contributed by atoms with Crippen molar-refractivity contribution in [2.24, 2.45) is 23.5 Å². The van der Waals surface area contributed by atoms with Crippen molar-refractivity contribution in [3.8, 4) is 0 Å². The van der Waals surface area contributed by atoms with E-state index < -0.39 is 23.7 Å². The van der Waals surface area contributed by atoms with Gasteiger partial charge in [-0.25, -0.2) is 10.5 Å². The minimum absolute atomic E-state index is 0.200. The molecule has 2 amide bonds. The van der Waals surface area contributed by atoms with Crippen molar-refractivity contribution in [3.63, 3.8) is 0 Å². The summed E-state index contributed by atoms with van der Waals surface area (Å²) < 4.78 is 0. The Bertz CT molecular complexity index is 459. The number of nitrogens with two attached hydrogens (primary N) is 1. The topological polar surface area (TPSA) is 121 Å². The number of hydrogen-bond donors (Lipinski definition) is 4. The van der Waals surface area contributed by atoms with Crippen molar-refractivity contribution >= 4 is 11.8 Å². The van der Waals surface area contributed by atoms with Crippen LogP contribution in [-0.4, -0.2) is 27.0 Å². The van der Waals surface area contributed by atoms with Crippen LogP contribution in [0.25, 0.3) is 0 Å². The number of aromatic nitrogens is 2. The summed E-state index contributed by atoms with van der Waals surface area (Å²) in [6.45, 7) is 5.81. The van der Waals surface area contributed by atoms with Gasteiger partial charge in [0.15, 0.2) is 0 Å². The van der Waals surface area contributed by atoms with Gasteiger partial charge >= 0.3 is 0 Å².